The molecule has 102 valence electrons. The summed E-state index contributed by atoms with van der Waals surface area (Å²) < 4.78 is 0. The fourth-order valence-corrected chi connectivity index (χ4v) is 2.74. The summed E-state index contributed by atoms with van der Waals surface area (Å²) in [4.78, 5) is 4.59. The van der Waals surface area contributed by atoms with Crippen LogP contribution >= 0.6 is 0 Å². The van der Waals surface area contributed by atoms with Crippen molar-refractivity contribution in [3.63, 3.8) is 0 Å². The fourth-order valence-electron chi connectivity index (χ4n) is 2.74. The van der Waals surface area contributed by atoms with E-state index in [2.05, 4.69) is 48.5 Å². The van der Waals surface area contributed by atoms with E-state index in [-0.39, 0.29) is 5.41 Å². The standard InChI is InChI=1S/C19H21N/c1-3-13-19(14-4-2,18-12-8-9-15-20-18)16-17-10-6-5-7-11-17/h3-12,15H,1-2,13-14,16H2. The highest BCUT2D eigenvalue weighted by Gasteiger charge is 2.31. The van der Waals surface area contributed by atoms with E-state index < -0.39 is 0 Å². The highest BCUT2D eigenvalue weighted by Crippen LogP contribution is 2.35. The lowest BCUT2D eigenvalue weighted by Gasteiger charge is -2.32. The first kappa shape index (κ1) is 14.3. The Balaban J connectivity index is 2.41. The van der Waals surface area contributed by atoms with Gasteiger partial charge < -0.3 is 0 Å². The Kier molecular flexibility index (Phi) is 4.89. The summed E-state index contributed by atoms with van der Waals surface area (Å²) in [5.74, 6) is 0. The number of hydrogen-bond donors (Lipinski definition) is 0. The molecule has 0 aliphatic heterocycles. The van der Waals surface area contributed by atoms with Gasteiger partial charge in [0.25, 0.3) is 0 Å². The molecule has 0 aliphatic carbocycles. The monoisotopic (exact) mass is 263 g/mol. The molecule has 0 atom stereocenters. The maximum Gasteiger partial charge on any atom is 0.0474 e. The largest absolute Gasteiger partial charge is 0.261 e. The van der Waals surface area contributed by atoms with Crippen LogP contribution in [0.4, 0.5) is 0 Å². The third kappa shape index (κ3) is 3.24. The van der Waals surface area contributed by atoms with Gasteiger partial charge in [-0.3, -0.25) is 4.98 Å². The Hall–Kier alpha value is -2.15. The molecule has 0 amide bonds. The average Bonchev–Trinajstić information content (AvgIpc) is 2.49. The molecule has 0 saturated carbocycles. The van der Waals surface area contributed by atoms with Crippen LogP contribution in [0, 0.1) is 0 Å². The van der Waals surface area contributed by atoms with Gasteiger partial charge in [-0.1, -0.05) is 48.6 Å². The van der Waals surface area contributed by atoms with Crippen molar-refractivity contribution in [2.24, 2.45) is 0 Å². The first-order valence-corrected chi connectivity index (χ1v) is 6.98. The van der Waals surface area contributed by atoms with E-state index in [1.165, 1.54) is 5.56 Å². The van der Waals surface area contributed by atoms with Crippen molar-refractivity contribution in [1.29, 1.82) is 0 Å². The average molecular weight is 263 g/mol. The van der Waals surface area contributed by atoms with Crippen molar-refractivity contribution in [3.8, 4) is 0 Å². The fraction of sp³-hybridized carbons (Fsp3) is 0.211. The lowest BCUT2D eigenvalue weighted by atomic mass is 9.73. The molecular weight excluding hydrogens is 242 g/mol. The number of aromatic nitrogens is 1. The van der Waals surface area contributed by atoms with Crippen LogP contribution in [0.15, 0.2) is 80.0 Å². The Morgan fingerprint density at radius 3 is 2.10 bits per heavy atom. The maximum atomic E-state index is 4.59. The number of allylic oxidation sites excluding steroid dienone is 2. The molecule has 2 rings (SSSR count). The van der Waals surface area contributed by atoms with Crippen molar-refractivity contribution in [3.05, 3.63) is 91.3 Å². The van der Waals surface area contributed by atoms with Gasteiger partial charge in [-0.2, -0.15) is 0 Å². The van der Waals surface area contributed by atoms with E-state index >= 15 is 0 Å². The molecule has 2 aromatic rings. The van der Waals surface area contributed by atoms with Gasteiger partial charge in [0.2, 0.25) is 0 Å². The lowest BCUT2D eigenvalue weighted by molar-refractivity contribution is 0.420. The molecule has 1 heteroatoms. The minimum atomic E-state index is -0.0495. The quantitative estimate of drug-likeness (QED) is 0.659. The summed E-state index contributed by atoms with van der Waals surface area (Å²) in [7, 11) is 0. The molecular formula is C19H21N. The Morgan fingerprint density at radius 1 is 0.900 bits per heavy atom. The minimum Gasteiger partial charge on any atom is -0.261 e. The topological polar surface area (TPSA) is 12.9 Å². The molecule has 1 heterocycles. The second-order valence-corrected chi connectivity index (χ2v) is 5.14. The third-order valence-electron chi connectivity index (χ3n) is 3.66. The number of rotatable bonds is 7. The van der Waals surface area contributed by atoms with Crippen LogP contribution in [0.25, 0.3) is 0 Å². The summed E-state index contributed by atoms with van der Waals surface area (Å²) in [5.41, 5.74) is 2.39. The zero-order chi connectivity index (χ0) is 14.3. The van der Waals surface area contributed by atoms with Crippen molar-refractivity contribution in [2.75, 3.05) is 0 Å². The summed E-state index contributed by atoms with van der Waals surface area (Å²) in [6.07, 6.45) is 8.57. The van der Waals surface area contributed by atoms with E-state index in [0.29, 0.717) is 0 Å². The Labute approximate surface area is 121 Å². The van der Waals surface area contributed by atoms with E-state index in [4.69, 9.17) is 0 Å². The second kappa shape index (κ2) is 6.85. The molecule has 0 aliphatic rings. The van der Waals surface area contributed by atoms with Gasteiger partial charge in [0, 0.05) is 17.3 Å². The Morgan fingerprint density at radius 2 is 1.55 bits per heavy atom. The molecule has 0 spiro atoms. The number of nitrogens with zero attached hydrogens (tertiary/aromatic N) is 1. The van der Waals surface area contributed by atoms with E-state index in [1.54, 1.807) is 0 Å². The van der Waals surface area contributed by atoms with Crippen LogP contribution < -0.4 is 0 Å². The molecule has 0 saturated heterocycles. The van der Waals surface area contributed by atoms with Crippen LogP contribution in [0.2, 0.25) is 0 Å². The van der Waals surface area contributed by atoms with Gasteiger partial charge in [-0.15, -0.1) is 13.2 Å². The van der Waals surface area contributed by atoms with E-state index in [1.807, 2.05) is 36.5 Å². The van der Waals surface area contributed by atoms with Crippen molar-refractivity contribution >= 4 is 0 Å². The normalized spacial score (nSPS) is 11.0. The van der Waals surface area contributed by atoms with Gasteiger partial charge in [0.15, 0.2) is 0 Å². The summed E-state index contributed by atoms with van der Waals surface area (Å²) in [6, 6.07) is 16.7. The van der Waals surface area contributed by atoms with Crippen molar-refractivity contribution in [2.45, 2.75) is 24.7 Å². The third-order valence-corrected chi connectivity index (χ3v) is 3.66. The first-order chi connectivity index (χ1) is 9.80. The minimum absolute atomic E-state index is 0.0495. The predicted octanol–water partition coefficient (Wildman–Crippen LogP) is 4.71. The van der Waals surface area contributed by atoms with Crippen molar-refractivity contribution < 1.29 is 0 Å². The smallest absolute Gasteiger partial charge is 0.0474 e. The summed E-state index contributed by atoms with van der Waals surface area (Å²) >= 11 is 0. The maximum absolute atomic E-state index is 4.59. The number of benzene rings is 1. The molecule has 1 nitrogen and oxygen atoms in total. The molecule has 0 bridgehead atoms. The van der Waals surface area contributed by atoms with Crippen LogP contribution in [0.1, 0.15) is 24.1 Å². The zero-order valence-corrected chi connectivity index (χ0v) is 11.8. The van der Waals surface area contributed by atoms with Gasteiger partial charge in [-0.25, -0.2) is 0 Å². The SMILES string of the molecule is C=CCC(CC=C)(Cc1ccccc1)c1ccccn1. The molecule has 0 fully saturated rings. The van der Waals surface area contributed by atoms with E-state index in [0.717, 1.165) is 25.0 Å². The molecule has 0 unspecified atom stereocenters. The van der Waals surface area contributed by atoms with E-state index in [9.17, 15) is 0 Å². The summed E-state index contributed by atoms with van der Waals surface area (Å²) in [6.45, 7) is 7.87. The predicted molar refractivity (Wildman–Crippen MR) is 85.7 cm³/mol. The summed E-state index contributed by atoms with van der Waals surface area (Å²) in [5, 5.41) is 0. The first-order valence-electron chi connectivity index (χ1n) is 6.98. The van der Waals surface area contributed by atoms with Crippen LogP contribution in [-0.4, -0.2) is 4.98 Å². The second-order valence-electron chi connectivity index (χ2n) is 5.14. The van der Waals surface area contributed by atoms with Gasteiger partial charge in [-0.05, 0) is 37.0 Å². The van der Waals surface area contributed by atoms with Crippen LogP contribution in [-0.2, 0) is 11.8 Å². The van der Waals surface area contributed by atoms with Gasteiger partial charge in [0.05, 0.1) is 0 Å². The molecule has 1 aromatic carbocycles. The lowest BCUT2D eigenvalue weighted by Crippen LogP contribution is -2.29. The number of hydrogen-bond acceptors (Lipinski definition) is 1. The highest BCUT2D eigenvalue weighted by molar-refractivity contribution is 5.26. The van der Waals surface area contributed by atoms with Crippen LogP contribution in [0.3, 0.4) is 0 Å². The van der Waals surface area contributed by atoms with Crippen molar-refractivity contribution in [1.82, 2.24) is 4.98 Å². The molecule has 20 heavy (non-hydrogen) atoms. The molecule has 1 aromatic heterocycles. The Bertz CT molecular complexity index is 532. The molecule has 0 N–H and O–H groups in total. The highest BCUT2D eigenvalue weighted by atomic mass is 14.7. The molecule has 0 radical (unpaired) electrons. The van der Waals surface area contributed by atoms with Gasteiger partial charge >= 0.3 is 0 Å². The van der Waals surface area contributed by atoms with Gasteiger partial charge in [0.1, 0.15) is 0 Å². The van der Waals surface area contributed by atoms with Crippen LogP contribution in [0.5, 0.6) is 0 Å². The zero-order valence-electron chi connectivity index (χ0n) is 11.8. The number of pyridine rings is 1.